The SMILES string of the molecule is CCOC(=O)C(=C(C(=O)c1ccccc1)c1ccccc1)N(N)CC(C)C. The summed E-state index contributed by atoms with van der Waals surface area (Å²) < 4.78 is 5.22. The highest BCUT2D eigenvalue weighted by molar-refractivity contribution is 6.32. The monoisotopic (exact) mass is 366 g/mol. The Morgan fingerprint density at radius 1 is 0.963 bits per heavy atom. The van der Waals surface area contributed by atoms with Crippen molar-refractivity contribution in [2.24, 2.45) is 11.8 Å². The van der Waals surface area contributed by atoms with Gasteiger partial charge in [-0.2, -0.15) is 0 Å². The highest BCUT2D eigenvalue weighted by Gasteiger charge is 2.28. The number of hydrogen-bond acceptors (Lipinski definition) is 5. The topological polar surface area (TPSA) is 72.6 Å². The van der Waals surface area contributed by atoms with Crippen LogP contribution in [-0.4, -0.2) is 29.9 Å². The fourth-order valence-corrected chi connectivity index (χ4v) is 2.76. The second-order valence-corrected chi connectivity index (χ2v) is 6.55. The molecule has 0 aliphatic heterocycles. The van der Waals surface area contributed by atoms with Gasteiger partial charge >= 0.3 is 5.97 Å². The molecule has 0 aliphatic carbocycles. The van der Waals surface area contributed by atoms with Crippen molar-refractivity contribution in [3.05, 3.63) is 77.5 Å². The van der Waals surface area contributed by atoms with Crippen LogP contribution < -0.4 is 5.84 Å². The predicted octanol–water partition coefficient (Wildman–Crippen LogP) is 3.68. The molecule has 0 unspecified atom stereocenters. The molecule has 0 spiro atoms. The molecule has 0 fully saturated rings. The van der Waals surface area contributed by atoms with Gasteiger partial charge in [0.25, 0.3) is 0 Å². The zero-order valence-corrected chi connectivity index (χ0v) is 16.0. The number of ketones is 1. The van der Waals surface area contributed by atoms with E-state index < -0.39 is 5.97 Å². The average Bonchev–Trinajstić information content (AvgIpc) is 2.66. The molecule has 2 rings (SSSR count). The first-order valence-corrected chi connectivity index (χ1v) is 9.04. The Balaban J connectivity index is 2.70. The molecule has 0 heterocycles. The maximum atomic E-state index is 13.3. The van der Waals surface area contributed by atoms with Crippen LogP contribution in [0.2, 0.25) is 0 Å². The number of hydrazine groups is 1. The fraction of sp³-hybridized carbons (Fsp3) is 0.273. The number of rotatable bonds is 8. The molecule has 0 radical (unpaired) electrons. The van der Waals surface area contributed by atoms with Crippen LogP contribution in [0.1, 0.15) is 36.7 Å². The molecule has 2 aromatic carbocycles. The lowest BCUT2D eigenvalue weighted by atomic mass is 9.94. The normalized spacial score (nSPS) is 11.7. The number of Topliss-reactive ketones (excluding diaryl/α,β-unsaturated/α-hetero) is 1. The summed E-state index contributed by atoms with van der Waals surface area (Å²) in [5.41, 5.74) is 1.42. The first-order valence-electron chi connectivity index (χ1n) is 9.04. The molecule has 2 N–H and O–H groups in total. The molecule has 0 saturated carbocycles. The van der Waals surface area contributed by atoms with Crippen LogP contribution in [0.25, 0.3) is 5.57 Å². The van der Waals surface area contributed by atoms with Crippen LogP contribution in [-0.2, 0) is 9.53 Å². The van der Waals surface area contributed by atoms with E-state index in [2.05, 4.69) is 0 Å². The predicted molar refractivity (Wildman–Crippen MR) is 106 cm³/mol. The Bertz CT molecular complexity index is 799. The number of nitrogens with zero attached hydrogens (tertiary/aromatic N) is 1. The summed E-state index contributed by atoms with van der Waals surface area (Å²) in [6.45, 7) is 6.31. The van der Waals surface area contributed by atoms with Crippen LogP contribution in [0.4, 0.5) is 0 Å². The van der Waals surface area contributed by atoms with Crippen molar-refractivity contribution >= 4 is 17.3 Å². The summed E-state index contributed by atoms with van der Waals surface area (Å²) in [6.07, 6.45) is 0. The Hall–Kier alpha value is -2.92. The molecular formula is C22H26N2O3. The van der Waals surface area contributed by atoms with Gasteiger partial charge in [0.05, 0.1) is 12.2 Å². The van der Waals surface area contributed by atoms with Crippen LogP contribution in [0.3, 0.4) is 0 Å². The van der Waals surface area contributed by atoms with E-state index in [1.54, 1.807) is 43.3 Å². The first-order chi connectivity index (χ1) is 13.0. The molecule has 0 aliphatic rings. The molecular weight excluding hydrogens is 340 g/mol. The zero-order valence-electron chi connectivity index (χ0n) is 16.0. The highest BCUT2D eigenvalue weighted by atomic mass is 16.5. The van der Waals surface area contributed by atoms with Gasteiger partial charge in [0.15, 0.2) is 5.78 Å². The Labute approximate surface area is 160 Å². The molecule has 0 aromatic heterocycles. The summed E-state index contributed by atoms with van der Waals surface area (Å²) in [7, 11) is 0. The van der Waals surface area contributed by atoms with E-state index in [-0.39, 0.29) is 29.6 Å². The van der Waals surface area contributed by atoms with Crippen LogP contribution in [0.15, 0.2) is 66.4 Å². The van der Waals surface area contributed by atoms with E-state index in [4.69, 9.17) is 10.6 Å². The molecule has 5 nitrogen and oxygen atoms in total. The standard InChI is InChI=1S/C22H26N2O3/c1-4-27-22(26)20(24(23)15-16(2)3)19(17-11-7-5-8-12-17)21(25)18-13-9-6-10-14-18/h5-14,16H,4,15,23H2,1-3H3. The fourth-order valence-electron chi connectivity index (χ4n) is 2.76. The van der Waals surface area contributed by atoms with E-state index in [0.29, 0.717) is 17.7 Å². The largest absolute Gasteiger partial charge is 0.461 e. The van der Waals surface area contributed by atoms with Crippen molar-refractivity contribution in [3.63, 3.8) is 0 Å². The third-order valence-electron chi connectivity index (χ3n) is 3.88. The summed E-state index contributed by atoms with van der Waals surface area (Å²) in [4.78, 5) is 26.1. The van der Waals surface area contributed by atoms with E-state index in [1.165, 1.54) is 5.01 Å². The van der Waals surface area contributed by atoms with E-state index >= 15 is 0 Å². The molecule has 5 heteroatoms. The van der Waals surface area contributed by atoms with Crippen molar-refractivity contribution in [2.45, 2.75) is 20.8 Å². The highest BCUT2D eigenvalue weighted by Crippen LogP contribution is 2.26. The summed E-state index contributed by atoms with van der Waals surface area (Å²) in [5.74, 6) is 5.54. The number of carbonyl (C=O) groups excluding carboxylic acids is 2. The van der Waals surface area contributed by atoms with Gasteiger partial charge in [0, 0.05) is 12.1 Å². The van der Waals surface area contributed by atoms with Gasteiger partial charge in [-0.3, -0.25) is 4.79 Å². The summed E-state index contributed by atoms with van der Waals surface area (Å²) >= 11 is 0. The Morgan fingerprint density at radius 2 is 1.48 bits per heavy atom. The molecule has 2 aromatic rings. The minimum atomic E-state index is -0.608. The van der Waals surface area contributed by atoms with Crippen LogP contribution in [0.5, 0.6) is 0 Å². The van der Waals surface area contributed by atoms with E-state index in [0.717, 1.165) is 0 Å². The summed E-state index contributed by atoms with van der Waals surface area (Å²) in [5, 5.41) is 1.33. The second kappa shape index (κ2) is 9.69. The van der Waals surface area contributed by atoms with Gasteiger partial charge in [-0.1, -0.05) is 74.5 Å². The van der Waals surface area contributed by atoms with Crippen molar-refractivity contribution < 1.29 is 14.3 Å². The number of ether oxygens (including phenoxy) is 1. The zero-order chi connectivity index (χ0) is 19.8. The van der Waals surface area contributed by atoms with Crippen molar-refractivity contribution in [1.82, 2.24) is 5.01 Å². The van der Waals surface area contributed by atoms with Gasteiger partial charge in [0.1, 0.15) is 5.70 Å². The van der Waals surface area contributed by atoms with Gasteiger partial charge in [0.2, 0.25) is 0 Å². The van der Waals surface area contributed by atoms with Crippen molar-refractivity contribution in [2.75, 3.05) is 13.2 Å². The maximum Gasteiger partial charge on any atom is 0.356 e. The van der Waals surface area contributed by atoms with Gasteiger partial charge in [-0.15, -0.1) is 0 Å². The number of carbonyl (C=O) groups is 2. The summed E-state index contributed by atoms with van der Waals surface area (Å²) in [6, 6.07) is 17.9. The quantitative estimate of drug-likeness (QED) is 0.254. The van der Waals surface area contributed by atoms with Gasteiger partial charge < -0.3 is 9.75 Å². The Morgan fingerprint density at radius 3 is 1.96 bits per heavy atom. The number of allylic oxidation sites excluding steroid dienone is 1. The lowest BCUT2D eigenvalue weighted by Crippen LogP contribution is -2.39. The third kappa shape index (κ3) is 5.28. The van der Waals surface area contributed by atoms with Gasteiger partial charge in [-0.25, -0.2) is 10.6 Å². The molecule has 0 atom stereocenters. The number of nitrogens with two attached hydrogens (primary N) is 1. The van der Waals surface area contributed by atoms with Crippen molar-refractivity contribution in [1.29, 1.82) is 0 Å². The third-order valence-corrected chi connectivity index (χ3v) is 3.88. The van der Waals surface area contributed by atoms with Crippen LogP contribution >= 0.6 is 0 Å². The molecule has 142 valence electrons. The van der Waals surface area contributed by atoms with E-state index in [9.17, 15) is 9.59 Å². The van der Waals surface area contributed by atoms with E-state index in [1.807, 2.05) is 38.1 Å². The molecule has 0 bridgehead atoms. The lowest BCUT2D eigenvalue weighted by Gasteiger charge is -2.25. The first kappa shape index (κ1) is 20.4. The molecule has 27 heavy (non-hydrogen) atoms. The average molecular weight is 366 g/mol. The maximum absolute atomic E-state index is 13.3. The van der Waals surface area contributed by atoms with Crippen molar-refractivity contribution in [3.8, 4) is 0 Å². The Kier molecular flexibility index (Phi) is 7.32. The molecule has 0 amide bonds. The lowest BCUT2D eigenvalue weighted by molar-refractivity contribution is -0.140. The van der Waals surface area contributed by atoms with Gasteiger partial charge in [-0.05, 0) is 18.4 Å². The van der Waals surface area contributed by atoms with Crippen LogP contribution in [0, 0.1) is 5.92 Å². The number of esters is 1. The second-order valence-electron chi connectivity index (χ2n) is 6.55. The minimum absolute atomic E-state index is 0.0746. The minimum Gasteiger partial charge on any atom is -0.461 e. The smallest absolute Gasteiger partial charge is 0.356 e. The molecule has 0 saturated heterocycles. The number of hydrogen-bond donors (Lipinski definition) is 1. The number of benzene rings is 2.